The van der Waals surface area contributed by atoms with Crippen LogP contribution in [0.4, 0.5) is 0 Å². The predicted octanol–water partition coefficient (Wildman–Crippen LogP) is 3.94. The summed E-state index contributed by atoms with van der Waals surface area (Å²) in [6.45, 7) is 7.93. The number of quaternary nitrogens is 1. The van der Waals surface area contributed by atoms with E-state index in [1.54, 1.807) is 0 Å². The number of Topliss-reactive ketones (excluding diaryl/α,β-unsaturated/α-hetero) is 2. The third kappa shape index (κ3) is 14.6. The minimum absolute atomic E-state index is 0.0103. The molecule has 39 heavy (non-hydrogen) atoms. The number of nitrogens with zero attached hydrogens (tertiary/aromatic N) is 3. The number of imide groups is 2. The summed E-state index contributed by atoms with van der Waals surface area (Å²) in [5.74, 6) is -0.689. The Morgan fingerprint density at radius 3 is 1.51 bits per heavy atom. The molecule has 0 aromatic rings. The number of carbonyl (C=O) groups excluding carboxylic acids is 6. The van der Waals surface area contributed by atoms with Gasteiger partial charge in [0.25, 0.3) is 0 Å². The molecule has 0 bridgehead atoms. The molecule has 4 aliphatic rings. The molecule has 216 valence electrons. The van der Waals surface area contributed by atoms with E-state index in [1.807, 2.05) is 11.7 Å². The second-order valence-electron chi connectivity index (χ2n) is 9.23. The van der Waals surface area contributed by atoms with Gasteiger partial charge in [0.2, 0.25) is 20.4 Å². The van der Waals surface area contributed by atoms with Gasteiger partial charge in [-0.2, -0.15) is 18.2 Å². The van der Waals surface area contributed by atoms with Gasteiger partial charge in [0.15, 0.2) is 0 Å². The van der Waals surface area contributed by atoms with Gasteiger partial charge in [-0.3, -0.25) is 24.1 Å². The Kier molecular flexibility index (Phi) is 21.1. The summed E-state index contributed by atoms with van der Waals surface area (Å²) in [5, 5.41) is 1.82. The Morgan fingerprint density at radius 1 is 0.897 bits per heavy atom. The van der Waals surface area contributed by atoms with Crippen molar-refractivity contribution in [2.45, 2.75) is 58.6 Å². The van der Waals surface area contributed by atoms with Crippen molar-refractivity contribution in [2.75, 3.05) is 33.3 Å². The Bertz CT molecular complexity index is 835. The summed E-state index contributed by atoms with van der Waals surface area (Å²) in [6, 6.07) is 0. The van der Waals surface area contributed by atoms with Crippen molar-refractivity contribution in [1.82, 2.24) is 9.91 Å². The zero-order chi connectivity index (χ0) is 30.5. The van der Waals surface area contributed by atoms with Crippen LogP contribution in [0.1, 0.15) is 44.9 Å². The number of halogens is 3. The SMILES string of the molecule is CB(P)I.CB(P)I.CN1C(=O)CCC1=O.O=C1CCC(=O)C1CCN1CC[N+]12C(=O)CCC2=O.[B]P(C)I. The lowest BCUT2D eigenvalue weighted by Crippen LogP contribution is -2.74. The van der Waals surface area contributed by atoms with E-state index in [9.17, 15) is 28.8 Å². The predicted molar refractivity (Wildman–Crippen MR) is 194 cm³/mol. The van der Waals surface area contributed by atoms with Crippen molar-refractivity contribution in [3.8, 4) is 0 Å². The third-order valence-electron chi connectivity index (χ3n) is 5.91. The lowest BCUT2D eigenvalue weighted by Gasteiger charge is -2.46. The number of carbonyl (C=O) groups is 6. The molecule has 3 unspecified atom stereocenters. The van der Waals surface area contributed by atoms with E-state index in [4.69, 9.17) is 7.57 Å². The maximum Gasteiger partial charge on any atom is 0.341 e. The van der Waals surface area contributed by atoms with Crippen molar-refractivity contribution < 1.29 is 33.4 Å². The highest BCUT2D eigenvalue weighted by atomic mass is 127. The molecule has 0 aromatic heterocycles. The molecule has 3 atom stereocenters. The molecular weight excluding hydrogens is 896 g/mol. The monoisotopic (exact) mass is 934 g/mol. The van der Waals surface area contributed by atoms with E-state index in [0.29, 0.717) is 64.6 Å². The standard InChI is InChI=1S/C13H17N2O4.C5H7NO2.CH3BIP.2CH5BIP/c16-10-1-2-11(17)9(10)5-6-14-7-8-15(14)12(18)3-4-13(15)19;1-6-4(7)2-3-5(6)8;1-4(2)3;2*1-2(3)4/h9H,1-8H2;2-3H2,1H3;1H3;2*4H2,1H3/q+1;;;;. The number of likely N-dealkylation sites (tertiary alicyclic amines) is 1. The Morgan fingerprint density at radius 2 is 1.26 bits per heavy atom. The van der Waals surface area contributed by atoms with Gasteiger partial charge in [0, 0.05) is 32.7 Å². The van der Waals surface area contributed by atoms with Gasteiger partial charge >= 0.3 is 11.8 Å². The number of hydrogen-bond donors (Lipinski definition) is 0. The quantitative estimate of drug-likeness (QED) is 0.106. The molecule has 18 heteroatoms. The van der Waals surface area contributed by atoms with Crippen LogP contribution in [0.3, 0.4) is 0 Å². The molecule has 1 saturated carbocycles. The van der Waals surface area contributed by atoms with E-state index in [2.05, 4.69) is 98.7 Å². The molecule has 4 rings (SSSR count). The average molecular weight is 934 g/mol. The maximum atomic E-state index is 11.9. The largest absolute Gasteiger partial charge is 0.341 e. The zero-order valence-corrected chi connectivity index (χ0v) is 32.6. The first kappa shape index (κ1) is 40.4. The Hall–Kier alpha value is 1.41. The average Bonchev–Trinajstić information content (AvgIpc) is 3.38. The third-order valence-corrected chi connectivity index (χ3v) is 5.91. The van der Waals surface area contributed by atoms with Crippen LogP contribution in [0, 0.1) is 5.92 Å². The molecule has 3 aliphatic heterocycles. The molecule has 1 spiro atoms. The molecule has 9 nitrogen and oxygen atoms in total. The first-order valence-corrected chi connectivity index (χ1v) is 20.9. The summed E-state index contributed by atoms with van der Waals surface area (Å²) in [4.78, 5) is 69.1. The summed E-state index contributed by atoms with van der Waals surface area (Å²) in [7, 11) is 12.0. The number of ketones is 2. The molecule has 4 amide bonds. The van der Waals surface area contributed by atoms with Gasteiger partial charge in [-0.05, 0) is 13.1 Å². The van der Waals surface area contributed by atoms with E-state index < -0.39 is 5.92 Å². The summed E-state index contributed by atoms with van der Waals surface area (Å²) < 4.78 is 1.28. The van der Waals surface area contributed by atoms with Crippen molar-refractivity contribution in [2.24, 2.45) is 5.92 Å². The van der Waals surface area contributed by atoms with Gasteiger partial charge in [-0.1, -0.05) is 41.1 Å². The highest BCUT2D eigenvalue weighted by Gasteiger charge is 2.60. The second kappa shape index (κ2) is 20.4. The first-order valence-electron chi connectivity index (χ1n) is 12.5. The summed E-state index contributed by atoms with van der Waals surface area (Å²) in [6.07, 6.45) is 2.57. The molecule has 4 fully saturated rings. The Balaban J connectivity index is 0.000000595. The van der Waals surface area contributed by atoms with Gasteiger partial charge in [0.05, 0.1) is 25.3 Å². The fourth-order valence-electron chi connectivity index (χ4n) is 4.07. The molecule has 1 aliphatic carbocycles. The summed E-state index contributed by atoms with van der Waals surface area (Å²) in [5.41, 5.74) is -0.150. The molecular formula is C21H37B3I3N3O6P3+. The summed E-state index contributed by atoms with van der Waals surface area (Å²) >= 11 is 6.80. The van der Waals surface area contributed by atoms with Gasteiger partial charge in [0.1, 0.15) is 32.2 Å². The molecule has 3 saturated heterocycles. The fraction of sp³-hybridized carbons (Fsp3) is 0.714. The highest BCUT2D eigenvalue weighted by Crippen LogP contribution is 2.34. The van der Waals surface area contributed by atoms with Crippen LogP contribution in [0.5, 0.6) is 0 Å². The van der Waals surface area contributed by atoms with Crippen LogP contribution >= 0.6 is 90.5 Å². The van der Waals surface area contributed by atoms with Gasteiger partial charge < -0.3 is 0 Å². The topological polar surface area (TPSA) is 109 Å². The van der Waals surface area contributed by atoms with Crippen LogP contribution in [0.2, 0.25) is 13.6 Å². The smallest absolute Gasteiger partial charge is 0.299 e. The fourth-order valence-corrected chi connectivity index (χ4v) is 4.07. The van der Waals surface area contributed by atoms with Crippen molar-refractivity contribution in [3.05, 3.63) is 0 Å². The maximum absolute atomic E-state index is 11.9. The number of rotatable bonds is 3. The van der Waals surface area contributed by atoms with E-state index in [-0.39, 0.29) is 45.2 Å². The van der Waals surface area contributed by atoms with Crippen molar-refractivity contribution in [1.29, 1.82) is 0 Å². The van der Waals surface area contributed by atoms with Crippen LogP contribution in [0.25, 0.3) is 0 Å². The number of amides is 4. The van der Waals surface area contributed by atoms with Crippen LogP contribution in [-0.2, 0) is 28.8 Å². The van der Waals surface area contributed by atoms with E-state index in [0.717, 1.165) is 8.58 Å². The normalized spacial score (nSPS) is 20.6. The zero-order valence-electron chi connectivity index (χ0n) is 22.9. The minimum atomic E-state index is -0.506. The number of hydrogen-bond acceptors (Lipinski definition) is 7. The first-order chi connectivity index (χ1) is 18.0. The van der Waals surface area contributed by atoms with Crippen LogP contribution < -0.4 is 0 Å². The lowest BCUT2D eigenvalue weighted by molar-refractivity contribution is -0.945. The Labute approximate surface area is 280 Å². The highest BCUT2D eigenvalue weighted by molar-refractivity contribution is 14.2. The molecule has 0 N–H and O–H groups in total. The lowest BCUT2D eigenvalue weighted by atomic mass is 10.0. The van der Waals surface area contributed by atoms with Crippen molar-refractivity contribution >= 4 is 142 Å². The van der Waals surface area contributed by atoms with Crippen LogP contribution in [0.15, 0.2) is 0 Å². The van der Waals surface area contributed by atoms with E-state index in [1.165, 1.54) is 11.9 Å². The molecule has 3 heterocycles. The second-order valence-corrected chi connectivity index (χ2v) is 23.5. The van der Waals surface area contributed by atoms with Crippen molar-refractivity contribution in [3.63, 3.8) is 0 Å². The minimum Gasteiger partial charge on any atom is -0.299 e. The van der Waals surface area contributed by atoms with Gasteiger partial charge in [-0.15, -0.1) is 54.3 Å². The molecule has 2 radical (unpaired) electrons. The van der Waals surface area contributed by atoms with Crippen LogP contribution in [-0.4, -0.2) is 99.2 Å². The van der Waals surface area contributed by atoms with Gasteiger partial charge in [-0.25, -0.2) is 9.59 Å². The van der Waals surface area contributed by atoms with E-state index >= 15 is 0 Å². The molecule has 0 aromatic carbocycles.